The molecule has 0 saturated heterocycles. The zero-order valence-corrected chi connectivity index (χ0v) is 9.39. The molecule has 0 fully saturated rings. The van der Waals surface area contributed by atoms with Crippen LogP contribution in [0.5, 0.6) is 0 Å². The van der Waals surface area contributed by atoms with E-state index >= 15 is 0 Å². The van der Waals surface area contributed by atoms with E-state index in [0.717, 1.165) is 30.7 Å². The van der Waals surface area contributed by atoms with Crippen LogP contribution in [0.15, 0.2) is 35.3 Å². The molecule has 2 rings (SSSR count). The summed E-state index contributed by atoms with van der Waals surface area (Å²) in [6.45, 7) is 0.889. The third-order valence-electron chi connectivity index (χ3n) is 3.00. The van der Waals surface area contributed by atoms with E-state index in [1.807, 2.05) is 30.3 Å². The zero-order valence-electron chi connectivity index (χ0n) is 9.39. The molecule has 1 atom stereocenters. The molecule has 1 aromatic carbocycles. The standard InChI is InChI=1S/C14H16N2/c15-11-13(12-7-3-1-4-8-12)14-9-5-2-6-10-16-14/h1,3-4,7-8,13H,2,5-6,9-10H2. The van der Waals surface area contributed by atoms with Crippen LogP contribution in [0.3, 0.4) is 0 Å². The summed E-state index contributed by atoms with van der Waals surface area (Å²) >= 11 is 0. The molecule has 0 bridgehead atoms. The molecule has 16 heavy (non-hydrogen) atoms. The van der Waals surface area contributed by atoms with Crippen LogP contribution in [-0.4, -0.2) is 12.3 Å². The highest BCUT2D eigenvalue weighted by atomic mass is 14.7. The van der Waals surface area contributed by atoms with E-state index in [9.17, 15) is 5.26 Å². The first-order chi connectivity index (χ1) is 7.92. The number of hydrogen-bond acceptors (Lipinski definition) is 2. The number of rotatable bonds is 2. The molecule has 0 amide bonds. The average molecular weight is 212 g/mol. The molecule has 1 aromatic rings. The van der Waals surface area contributed by atoms with Crippen LogP contribution in [0.25, 0.3) is 0 Å². The summed E-state index contributed by atoms with van der Waals surface area (Å²) in [5.41, 5.74) is 2.15. The molecular formula is C14H16N2. The van der Waals surface area contributed by atoms with Gasteiger partial charge in [-0.1, -0.05) is 36.8 Å². The van der Waals surface area contributed by atoms with Gasteiger partial charge in [-0.15, -0.1) is 0 Å². The highest BCUT2D eigenvalue weighted by Gasteiger charge is 2.18. The van der Waals surface area contributed by atoms with Gasteiger partial charge in [0.05, 0.1) is 6.07 Å². The van der Waals surface area contributed by atoms with Crippen LogP contribution in [0, 0.1) is 11.3 Å². The van der Waals surface area contributed by atoms with E-state index in [4.69, 9.17) is 0 Å². The van der Waals surface area contributed by atoms with Crippen molar-refractivity contribution in [2.45, 2.75) is 31.6 Å². The number of hydrogen-bond donors (Lipinski definition) is 0. The van der Waals surface area contributed by atoms with E-state index in [2.05, 4.69) is 11.1 Å². The van der Waals surface area contributed by atoms with Crippen LogP contribution in [0.2, 0.25) is 0 Å². The Morgan fingerprint density at radius 3 is 2.69 bits per heavy atom. The van der Waals surface area contributed by atoms with E-state index in [1.54, 1.807) is 0 Å². The Morgan fingerprint density at radius 1 is 1.12 bits per heavy atom. The molecule has 2 nitrogen and oxygen atoms in total. The molecule has 0 saturated carbocycles. The van der Waals surface area contributed by atoms with Gasteiger partial charge < -0.3 is 0 Å². The molecule has 82 valence electrons. The van der Waals surface area contributed by atoms with Gasteiger partial charge in [-0.05, 0) is 24.8 Å². The van der Waals surface area contributed by atoms with Crippen molar-refractivity contribution in [2.24, 2.45) is 4.99 Å². The molecule has 1 unspecified atom stereocenters. The summed E-state index contributed by atoms with van der Waals surface area (Å²) in [4.78, 5) is 4.56. The highest BCUT2D eigenvalue weighted by molar-refractivity contribution is 5.93. The third-order valence-corrected chi connectivity index (χ3v) is 3.00. The summed E-state index contributed by atoms with van der Waals surface area (Å²) in [5.74, 6) is -0.140. The summed E-state index contributed by atoms with van der Waals surface area (Å²) in [7, 11) is 0. The van der Waals surface area contributed by atoms with Crippen molar-refractivity contribution in [3.8, 4) is 6.07 Å². The van der Waals surface area contributed by atoms with Gasteiger partial charge in [0.25, 0.3) is 0 Å². The fraction of sp³-hybridized carbons (Fsp3) is 0.429. The molecule has 1 heterocycles. The molecule has 2 heteroatoms. The van der Waals surface area contributed by atoms with Crippen molar-refractivity contribution >= 4 is 5.71 Å². The Hall–Kier alpha value is -1.62. The Labute approximate surface area is 96.6 Å². The summed E-state index contributed by atoms with van der Waals surface area (Å²) in [6, 6.07) is 12.4. The molecular weight excluding hydrogens is 196 g/mol. The normalized spacial score (nSPS) is 18.1. The lowest BCUT2D eigenvalue weighted by atomic mass is 9.93. The second-order valence-electron chi connectivity index (χ2n) is 4.16. The Balaban J connectivity index is 2.23. The summed E-state index contributed by atoms with van der Waals surface area (Å²) < 4.78 is 0. The molecule has 0 aliphatic carbocycles. The molecule has 0 spiro atoms. The van der Waals surface area contributed by atoms with Gasteiger partial charge in [-0.2, -0.15) is 5.26 Å². The smallest absolute Gasteiger partial charge is 0.109 e. The molecule has 1 aliphatic heterocycles. The summed E-state index contributed by atoms with van der Waals surface area (Å²) in [5, 5.41) is 9.29. The SMILES string of the molecule is N#CC(C1=NCCCCC1)c1ccccc1. The number of benzene rings is 1. The van der Waals surface area contributed by atoms with E-state index in [1.165, 1.54) is 12.8 Å². The Morgan fingerprint density at radius 2 is 1.94 bits per heavy atom. The largest absolute Gasteiger partial charge is 0.292 e. The maximum Gasteiger partial charge on any atom is 0.109 e. The van der Waals surface area contributed by atoms with Gasteiger partial charge in [-0.3, -0.25) is 4.99 Å². The minimum atomic E-state index is -0.140. The fourth-order valence-corrected chi connectivity index (χ4v) is 2.12. The minimum absolute atomic E-state index is 0.140. The van der Waals surface area contributed by atoms with Gasteiger partial charge in [0.15, 0.2) is 0 Å². The third kappa shape index (κ3) is 2.49. The van der Waals surface area contributed by atoms with Crippen molar-refractivity contribution in [2.75, 3.05) is 6.54 Å². The van der Waals surface area contributed by atoms with Crippen molar-refractivity contribution < 1.29 is 0 Å². The van der Waals surface area contributed by atoms with Gasteiger partial charge in [0.2, 0.25) is 0 Å². The van der Waals surface area contributed by atoms with Gasteiger partial charge in [-0.25, -0.2) is 0 Å². The van der Waals surface area contributed by atoms with Crippen LogP contribution < -0.4 is 0 Å². The number of aliphatic imine (C=N–C) groups is 1. The van der Waals surface area contributed by atoms with Crippen LogP contribution in [0.4, 0.5) is 0 Å². The zero-order chi connectivity index (χ0) is 11.2. The molecule has 0 aromatic heterocycles. The minimum Gasteiger partial charge on any atom is -0.292 e. The number of nitriles is 1. The van der Waals surface area contributed by atoms with Crippen LogP contribution in [-0.2, 0) is 0 Å². The van der Waals surface area contributed by atoms with Crippen LogP contribution in [0.1, 0.15) is 37.2 Å². The van der Waals surface area contributed by atoms with Crippen molar-refractivity contribution in [1.82, 2.24) is 0 Å². The second kappa shape index (κ2) is 5.46. The predicted octanol–water partition coefficient (Wildman–Crippen LogP) is 3.31. The fourth-order valence-electron chi connectivity index (χ4n) is 2.12. The second-order valence-corrected chi connectivity index (χ2v) is 4.16. The monoisotopic (exact) mass is 212 g/mol. The average Bonchev–Trinajstić information content (AvgIpc) is 2.61. The quantitative estimate of drug-likeness (QED) is 0.740. The number of nitrogens with zero attached hydrogens (tertiary/aromatic N) is 2. The Bertz CT molecular complexity index is 400. The highest BCUT2D eigenvalue weighted by Crippen LogP contribution is 2.22. The first kappa shape index (κ1) is 10.9. The van der Waals surface area contributed by atoms with E-state index < -0.39 is 0 Å². The maximum atomic E-state index is 9.29. The molecule has 1 aliphatic rings. The first-order valence-corrected chi connectivity index (χ1v) is 5.89. The topological polar surface area (TPSA) is 36.1 Å². The molecule has 0 radical (unpaired) electrons. The van der Waals surface area contributed by atoms with Crippen LogP contribution >= 0.6 is 0 Å². The lowest BCUT2D eigenvalue weighted by molar-refractivity contribution is 0.730. The lowest BCUT2D eigenvalue weighted by Crippen LogP contribution is -2.10. The predicted molar refractivity (Wildman–Crippen MR) is 65.6 cm³/mol. The van der Waals surface area contributed by atoms with Gasteiger partial charge >= 0.3 is 0 Å². The Kier molecular flexibility index (Phi) is 3.71. The van der Waals surface area contributed by atoms with Crippen molar-refractivity contribution in [3.63, 3.8) is 0 Å². The maximum absolute atomic E-state index is 9.29. The van der Waals surface area contributed by atoms with E-state index in [-0.39, 0.29) is 5.92 Å². The lowest BCUT2D eigenvalue weighted by Gasteiger charge is -2.11. The van der Waals surface area contributed by atoms with E-state index in [0.29, 0.717) is 0 Å². The molecule has 0 N–H and O–H groups in total. The van der Waals surface area contributed by atoms with Gasteiger partial charge in [0, 0.05) is 12.3 Å². The van der Waals surface area contributed by atoms with Gasteiger partial charge in [0.1, 0.15) is 5.92 Å². The van der Waals surface area contributed by atoms with Crippen molar-refractivity contribution in [1.29, 1.82) is 5.26 Å². The van der Waals surface area contributed by atoms with Crippen molar-refractivity contribution in [3.05, 3.63) is 35.9 Å². The first-order valence-electron chi connectivity index (χ1n) is 5.89. The summed E-state index contributed by atoms with van der Waals surface area (Å²) in [6.07, 6.45) is 4.55.